The molecule has 3 aromatic rings. The predicted octanol–water partition coefficient (Wildman–Crippen LogP) is 4.12. The van der Waals surface area contributed by atoms with Gasteiger partial charge in [-0.05, 0) is 50.4 Å². The Morgan fingerprint density at radius 3 is 3.10 bits per heavy atom. The van der Waals surface area contributed by atoms with Gasteiger partial charge in [-0.1, -0.05) is 23.5 Å². The quantitative estimate of drug-likeness (QED) is 0.680. The summed E-state index contributed by atoms with van der Waals surface area (Å²) in [5.41, 5.74) is 5.23. The molecule has 0 spiro atoms. The van der Waals surface area contributed by atoms with Gasteiger partial charge in [0.1, 0.15) is 16.9 Å². The fourth-order valence-electron chi connectivity index (χ4n) is 4.29. The second-order valence-electron chi connectivity index (χ2n) is 8.31. The average Bonchev–Trinajstić information content (AvgIpc) is 3.41. The van der Waals surface area contributed by atoms with E-state index >= 15 is 0 Å². The lowest BCUT2D eigenvalue weighted by Crippen LogP contribution is -2.24. The molecule has 1 unspecified atom stereocenters. The minimum Gasteiger partial charge on any atom is -0.487 e. The first kappa shape index (κ1) is 18.4. The van der Waals surface area contributed by atoms with E-state index in [0.29, 0.717) is 5.82 Å². The molecule has 1 aromatic carbocycles. The Morgan fingerprint density at radius 2 is 2.24 bits per heavy atom. The Balaban J connectivity index is 1.32. The largest absolute Gasteiger partial charge is 0.487 e. The number of rotatable bonds is 5. The molecule has 0 bridgehead atoms. The van der Waals surface area contributed by atoms with Crippen molar-refractivity contribution in [2.45, 2.75) is 51.3 Å². The molecular formula is C21H24N6OS. The highest BCUT2D eigenvalue weighted by molar-refractivity contribution is 7.13. The van der Waals surface area contributed by atoms with E-state index in [1.165, 1.54) is 28.9 Å². The van der Waals surface area contributed by atoms with Gasteiger partial charge in [0.2, 0.25) is 5.13 Å². The summed E-state index contributed by atoms with van der Waals surface area (Å²) in [5, 5.41) is 11.8. The molecule has 1 fully saturated rings. The normalized spacial score (nSPS) is 20.4. The van der Waals surface area contributed by atoms with Crippen molar-refractivity contribution in [2.24, 2.45) is 0 Å². The van der Waals surface area contributed by atoms with E-state index < -0.39 is 0 Å². The monoisotopic (exact) mass is 408 g/mol. The number of ether oxygens (including phenoxy) is 1. The number of nitrogens with zero attached hydrogens (tertiary/aromatic N) is 5. The average molecular weight is 409 g/mol. The van der Waals surface area contributed by atoms with E-state index in [1.54, 1.807) is 11.7 Å². The first-order chi connectivity index (χ1) is 14.1. The molecule has 0 radical (unpaired) electrons. The van der Waals surface area contributed by atoms with E-state index in [2.05, 4.69) is 57.4 Å². The van der Waals surface area contributed by atoms with Crippen molar-refractivity contribution in [3.8, 4) is 5.75 Å². The van der Waals surface area contributed by atoms with Crippen LogP contribution in [0.5, 0.6) is 5.75 Å². The molecule has 0 aliphatic carbocycles. The lowest BCUT2D eigenvalue weighted by Gasteiger charge is -2.24. The van der Waals surface area contributed by atoms with Gasteiger partial charge < -0.3 is 10.1 Å². The zero-order chi connectivity index (χ0) is 19.8. The zero-order valence-electron chi connectivity index (χ0n) is 16.6. The first-order valence-electron chi connectivity index (χ1n) is 9.96. The van der Waals surface area contributed by atoms with Gasteiger partial charge in [-0.3, -0.25) is 9.88 Å². The fourth-order valence-corrected chi connectivity index (χ4v) is 4.74. The van der Waals surface area contributed by atoms with Crippen LogP contribution in [0.2, 0.25) is 0 Å². The van der Waals surface area contributed by atoms with Crippen LogP contribution >= 0.6 is 11.3 Å². The third-order valence-corrected chi connectivity index (χ3v) is 6.07. The van der Waals surface area contributed by atoms with Crippen LogP contribution in [0.3, 0.4) is 0 Å². The molecule has 1 atom stereocenters. The minimum atomic E-state index is -0.104. The maximum absolute atomic E-state index is 6.02. The molecule has 7 nitrogen and oxygen atoms in total. The van der Waals surface area contributed by atoms with Crippen LogP contribution in [0.1, 0.15) is 49.6 Å². The van der Waals surface area contributed by atoms with E-state index in [4.69, 9.17) is 9.72 Å². The number of nitrogens with one attached hydrogen (secondary N) is 1. The number of likely N-dealkylation sites (tertiary alicyclic amines) is 1. The van der Waals surface area contributed by atoms with Crippen molar-refractivity contribution in [2.75, 3.05) is 11.9 Å². The number of fused-ring (bicyclic) bond motifs is 1. The van der Waals surface area contributed by atoms with E-state index in [9.17, 15) is 0 Å². The predicted molar refractivity (Wildman–Crippen MR) is 112 cm³/mol. The van der Waals surface area contributed by atoms with Crippen LogP contribution in [-0.2, 0) is 13.0 Å². The first-order valence-corrected chi connectivity index (χ1v) is 10.8. The van der Waals surface area contributed by atoms with Crippen molar-refractivity contribution in [1.82, 2.24) is 25.1 Å². The molecule has 4 heterocycles. The van der Waals surface area contributed by atoms with Crippen molar-refractivity contribution in [3.05, 3.63) is 52.9 Å². The van der Waals surface area contributed by atoms with Crippen molar-refractivity contribution < 1.29 is 4.74 Å². The van der Waals surface area contributed by atoms with Crippen LogP contribution in [0.4, 0.5) is 10.9 Å². The summed E-state index contributed by atoms with van der Waals surface area (Å²) in [6.45, 7) is 6.27. The van der Waals surface area contributed by atoms with Crippen LogP contribution in [0, 0.1) is 0 Å². The minimum absolute atomic E-state index is 0.104. The lowest BCUT2D eigenvalue weighted by atomic mass is 10.00. The van der Waals surface area contributed by atoms with Crippen molar-refractivity contribution in [1.29, 1.82) is 0 Å². The second kappa shape index (κ2) is 7.35. The van der Waals surface area contributed by atoms with Gasteiger partial charge in [-0.15, -0.1) is 10.2 Å². The molecule has 29 heavy (non-hydrogen) atoms. The van der Waals surface area contributed by atoms with Gasteiger partial charge in [-0.2, -0.15) is 0 Å². The van der Waals surface area contributed by atoms with E-state index in [1.807, 2.05) is 6.20 Å². The molecule has 0 saturated carbocycles. The Bertz CT molecular complexity index is 1010. The summed E-state index contributed by atoms with van der Waals surface area (Å²) in [7, 11) is 0. The Morgan fingerprint density at radius 1 is 1.31 bits per heavy atom. The number of aromatic nitrogens is 4. The van der Waals surface area contributed by atoms with Gasteiger partial charge in [0.25, 0.3) is 0 Å². The number of anilines is 2. The van der Waals surface area contributed by atoms with Gasteiger partial charge >= 0.3 is 0 Å². The van der Waals surface area contributed by atoms with E-state index in [0.717, 1.165) is 42.5 Å². The Kier molecular flexibility index (Phi) is 4.67. The molecule has 2 aliphatic heterocycles. The third-order valence-electron chi connectivity index (χ3n) is 5.47. The summed E-state index contributed by atoms with van der Waals surface area (Å²) in [5.74, 6) is 1.74. The highest BCUT2D eigenvalue weighted by Gasteiger charge is 2.31. The second-order valence-corrected chi connectivity index (χ2v) is 9.14. The standard InChI is InChI=1S/C21H24N6OS/c1-21(2)9-15-8-14(5-6-18(15)28-21)12-27-7-3-4-17(27)16-10-22-11-19(24-16)25-20-26-23-13-29-20/h5-6,8,10-11,13,17H,3-4,7,9,12H2,1-2H3,(H,24,25,26). The topological polar surface area (TPSA) is 76.1 Å². The summed E-state index contributed by atoms with van der Waals surface area (Å²) in [6.07, 6.45) is 6.84. The van der Waals surface area contributed by atoms with Crippen LogP contribution < -0.4 is 10.1 Å². The molecule has 1 saturated heterocycles. The highest BCUT2D eigenvalue weighted by atomic mass is 32.1. The Labute approximate surface area is 174 Å². The van der Waals surface area contributed by atoms with Gasteiger partial charge in [0, 0.05) is 13.0 Å². The summed E-state index contributed by atoms with van der Waals surface area (Å²) in [4.78, 5) is 11.7. The Hall–Kier alpha value is -2.58. The van der Waals surface area contributed by atoms with Crippen LogP contribution in [-0.4, -0.2) is 37.2 Å². The molecule has 8 heteroatoms. The molecular weight excluding hydrogens is 384 g/mol. The molecule has 150 valence electrons. The van der Waals surface area contributed by atoms with E-state index in [-0.39, 0.29) is 11.6 Å². The third kappa shape index (κ3) is 3.95. The lowest BCUT2D eigenvalue weighted by molar-refractivity contribution is 0.138. The number of hydrogen-bond donors (Lipinski definition) is 1. The van der Waals surface area contributed by atoms with Gasteiger partial charge in [-0.25, -0.2) is 4.98 Å². The number of hydrogen-bond acceptors (Lipinski definition) is 8. The van der Waals surface area contributed by atoms with Gasteiger partial charge in [0.15, 0.2) is 5.82 Å². The summed E-state index contributed by atoms with van der Waals surface area (Å²) < 4.78 is 6.02. The molecule has 5 rings (SSSR count). The highest BCUT2D eigenvalue weighted by Crippen LogP contribution is 2.37. The maximum atomic E-state index is 6.02. The van der Waals surface area contributed by atoms with Crippen LogP contribution in [0.15, 0.2) is 36.1 Å². The van der Waals surface area contributed by atoms with Crippen molar-refractivity contribution >= 4 is 22.3 Å². The summed E-state index contributed by atoms with van der Waals surface area (Å²) in [6, 6.07) is 6.89. The molecule has 2 aliphatic rings. The number of benzene rings is 1. The maximum Gasteiger partial charge on any atom is 0.211 e. The zero-order valence-corrected chi connectivity index (χ0v) is 17.4. The molecule has 1 N–H and O–H groups in total. The van der Waals surface area contributed by atoms with Crippen molar-refractivity contribution in [3.63, 3.8) is 0 Å². The van der Waals surface area contributed by atoms with Crippen LogP contribution in [0.25, 0.3) is 0 Å². The smallest absolute Gasteiger partial charge is 0.211 e. The fraction of sp³-hybridized carbons (Fsp3) is 0.429. The molecule has 0 amide bonds. The SMILES string of the molecule is CC1(C)Cc2cc(CN3CCCC3c3cncc(Nc4nncs4)n3)ccc2O1. The molecule has 2 aromatic heterocycles. The van der Waals surface area contributed by atoms with Gasteiger partial charge in [0.05, 0.1) is 24.1 Å². The summed E-state index contributed by atoms with van der Waals surface area (Å²) >= 11 is 1.45.